The van der Waals surface area contributed by atoms with Gasteiger partial charge in [0.25, 0.3) is 11.5 Å². The first-order chi connectivity index (χ1) is 9.65. The predicted octanol–water partition coefficient (Wildman–Crippen LogP) is 1.33. The third-order valence-corrected chi connectivity index (χ3v) is 3.43. The fraction of sp³-hybridized carbons (Fsp3) is 0.500. The number of aromatic nitrogens is 3. The Kier molecular flexibility index (Phi) is 4.68. The van der Waals surface area contributed by atoms with E-state index < -0.39 is 0 Å². The summed E-state index contributed by atoms with van der Waals surface area (Å²) in [5.74, 6) is 0.380. The topological polar surface area (TPSA) is 68.0 Å². The van der Waals surface area contributed by atoms with Crippen molar-refractivity contribution in [1.82, 2.24) is 15.0 Å². The average Bonchev–Trinajstić information content (AvgIpc) is 2.43. The number of benzene rings is 1. The van der Waals surface area contributed by atoms with Gasteiger partial charge in [-0.1, -0.05) is 26.0 Å². The highest BCUT2D eigenvalue weighted by atomic mass is 16.5. The first-order valence-corrected chi connectivity index (χ1v) is 6.99. The van der Waals surface area contributed by atoms with Crippen molar-refractivity contribution in [3.63, 3.8) is 0 Å². The van der Waals surface area contributed by atoms with Crippen LogP contribution in [0.4, 0.5) is 5.95 Å². The number of hydrogen-bond acceptors (Lipinski definition) is 5. The molecule has 1 aromatic carbocycles. The summed E-state index contributed by atoms with van der Waals surface area (Å²) in [6.07, 6.45) is 0. The number of likely N-dealkylation sites (N-methyl/N-ethyl adjacent to an activating group) is 1. The van der Waals surface area contributed by atoms with Gasteiger partial charge in [-0.25, -0.2) is 4.98 Å². The van der Waals surface area contributed by atoms with E-state index in [2.05, 4.69) is 34.1 Å². The highest BCUT2D eigenvalue weighted by Gasteiger charge is 2.12. The lowest BCUT2D eigenvalue weighted by molar-refractivity contribution is -0.641. The third kappa shape index (κ3) is 3.14. The Labute approximate surface area is 119 Å². The van der Waals surface area contributed by atoms with Gasteiger partial charge in [0.2, 0.25) is 0 Å². The van der Waals surface area contributed by atoms with Gasteiger partial charge in [-0.2, -0.15) is 0 Å². The van der Waals surface area contributed by atoms with Crippen molar-refractivity contribution < 1.29 is 4.85 Å². The first kappa shape index (κ1) is 14.5. The fourth-order valence-corrected chi connectivity index (χ4v) is 2.20. The SMILES string of the molecule is CCN(CC)CCNc1nc2cccc(C)c2[n+]([O-])n1. The van der Waals surface area contributed by atoms with Crippen LogP contribution in [0.15, 0.2) is 18.2 Å². The van der Waals surface area contributed by atoms with Crippen molar-refractivity contribution >= 4 is 17.0 Å². The molecule has 1 heterocycles. The van der Waals surface area contributed by atoms with Crippen LogP contribution in [0.25, 0.3) is 11.0 Å². The van der Waals surface area contributed by atoms with Gasteiger partial charge in [-0.15, -0.1) is 0 Å². The summed E-state index contributed by atoms with van der Waals surface area (Å²) in [5.41, 5.74) is 2.08. The van der Waals surface area contributed by atoms with Gasteiger partial charge >= 0.3 is 0 Å². The molecule has 0 unspecified atom stereocenters. The van der Waals surface area contributed by atoms with Gasteiger partial charge in [0.05, 0.1) is 5.10 Å². The minimum atomic E-state index is 0.380. The molecule has 0 aliphatic rings. The summed E-state index contributed by atoms with van der Waals surface area (Å²) in [6, 6.07) is 5.60. The Morgan fingerprint density at radius 2 is 2.05 bits per heavy atom. The number of aryl methyl sites for hydroxylation is 1. The summed E-state index contributed by atoms with van der Waals surface area (Å²) in [7, 11) is 0. The standard InChI is InChI=1S/C14H21N5O/c1-4-18(5-2)10-9-15-14-16-12-8-6-7-11(3)13(12)19(20)17-14/h6-8H,4-5,9-10H2,1-3H3,(H,15,16,17). The van der Waals surface area contributed by atoms with Crippen molar-refractivity contribution in [3.05, 3.63) is 29.0 Å². The maximum absolute atomic E-state index is 11.9. The van der Waals surface area contributed by atoms with Crippen LogP contribution >= 0.6 is 0 Å². The molecule has 6 nitrogen and oxygen atoms in total. The Morgan fingerprint density at radius 3 is 2.75 bits per heavy atom. The summed E-state index contributed by atoms with van der Waals surface area (Å²) in [4.78, 5) is 7.33. The number of hydrogen-bond donors (Lipinski definition) is 1. The van der Waals surface area contributed by atoms with Crippen LogP contribution in [0, 0.1) is 12.1 Å². The molecule has 0 saturated heterocycles. The number of rotatable bonds is 6. The first-order valence-electron chi connectivity index (χ1n) is 6.99. The van der Waals surface area contributed by atoms with Crippen LogP contribution in [0.5, 0.6) is 0 Å². The fourth-order valence-electron chi connectivity index (χ4n) is 2.20. The quantitative estimate of drug-likeness (QED) is 0.636. The molecule has 0 atom stereocenters. The zero-order valence-electron chi connectivity index (χ0n) is 12.3. The van der Waals surface area contributed by atoms with Crippen molar-refractivity contribution in [2.45, 2.75) is 20.8 Å². The van der Waals surface area contributed by atoms with Crippen LogP contribution in [0.1, 0.15) is 19.4 Å². The lowest BCUT2D eigenvalue weighted by atomic mass is 10.2. The van der Waals surface area contributed by atoms with E-state index in [0.717, 1.165) is 31.7 Å². The number of nitrogens with zero attached hydrogens (tertiary/aromatic N) is 4. The van der Waals surface area contributed by atoms with E-state index in [1.165, 1.54) is 0 Å². The highest BCUT2D eigenvalue weighted by Crippen LogP contribution is 2.12. The zero-order valence-corrected chi connectivity index (χ0v) is 12.3. The molecule has 0 radical (unpaired) electrons. The van der Waals surface area contributed by atoms with Crippen LogP contribution in [-0.4, -0.2) is 41.2 Å². The van der Waals surface area contributed by atoms with Gasteiger partial charge in [0.15, 0.2) is 0 Å². The van der Waals surface area contributed by atoms with Gasteiger partial charge in [0.1, 0.15) is 5.52 Å². The van der Waals surface area contributed by atoms with E-state index in [0.29, 0.717) is 21.8 Å². The van der Waals surface area contributed by atoms with Crippen molar-refractivity contribution in [1.29, 1.82) is 0 Å². The van der Waals surface area contributed by atoms with E-state index in [-0.39, 0.29) is 0 Å². The summed E-state index contributed by atoms with van der Waals surface area (Å²) < 4.78 is 0. The molecule has 0 saturated carbocycles. The second kappa shape index (κ2) is 6.47. The Bertz CT molecular complexity index is 583. The lowest BCUT2D eigenvalue weighted by Crippen LogP contribution is -2.35. The average molecular weight is 275 g/mol. The molecule has 0 aliphatic heterocycles. The largest absolute Gasteiger partial charge is 0.594 e. The molecular weight excluding hydrogens is 254 g/mol. The Balaban J connectivity index is 2.12. The number of anilines is 1. The van der Waals surface area contributed by atoms with Crippen LogP contribution in [0.3, 0.4) is 0 Å². The molecule has 20 heavy (non-hydrogen) atoms. The highest BCUT2D eigenvalue weighted by molar-refractivity contribution is 5.74. The molecule has 0 aliphatic carbocycles. The summed E-state index contributed by atoms with van der Waals surface area (Å²) >= 11 is 0. The van der Waals surface area contributed by atoms with Gasteiger partial charge in [-0.05, 0) is 30.9 Å². The maximum atomic E-state index is 11.9. The summed E-state index contributed by atoms with van der Waals surface area (Å²) in [5, 5.41) is 19.0. The van der Waals surface area contributed by atoms with Gasteiger partial charge in [-0.3, -0.25) is 0 Å². The van der Waals surface area contributed by atoms with Crippen LogP contribution < -0.4 is 10.2 Å². The van der Waals surface area contributed by atoms with E-state index >= 15 is 0 Å². The second-order valence-corrected chi connectivity index (χ2v) is 4.70. The maximum Gasteiger partial charge on any atom is 0.290 e. The molecule has 6 heteroatoms. The third-order valence-electron chi connectivity index (χ3n) is 3.43. The molecule has 2 rings (SSSR count). The molecule has 0 amide bonds. The van der Waals surface area contributed by atoms with Crippen molar-refractivity contribution in [2.24, 2.45) is 0 Å². The van der Waals surface area contributed by atoms with Crippen molar-refractivity contribution in [2.75, 3.05) is 31.5 Å². The minimum absolute atomic E-state index is 0.380. The Morgan fingerprint density at radius 1 is 1.30 bits per heavy atom. The summed E-state index contributed by atoms with van der Waals surface area (Å²) in [6.45, 7) is 9.79. The van der Waals surface area contributed by atoms with E-state index in [1.54, 1.807) is 0 Å². The zero-order chi connectivity index (χ0) is 14.5. The van der Waals surface area contributed by atoms with Crippen LogP contribution in [-0.2, 0) is 0 Å². The predicted molar refractivity (Wildman–Crippen MR) is 79.5 cm³/mol. The van der Waals surface area contributed by atoms with E-state index in [4.69, 9.17) is 0 Å². The number of nitrogens with one attached hydrogen (secondary N) is 1. The van der Waals surface area contributed by atoms with Crippen molar-refractivity contribution in [3.8, 4) is 0 Å². The molecule has 1 N–H and O–H groups in total. The molecular formula is C14H21N5O. The van der Waals surface area contributed by atoms with Gasteiger partial charge in [0, 0.05) is 18.7 Å². The minimum Gasteiger partial charge on any atom is -0.594 e. The lowest BCUT2D eigenvalue weighted by Gasteiger charge is -2.17. The molecule has 108 valence electrons. The molecule has 0 bridgehead atoms. The monoisotopic (exact) mass is 275 g/mol. The molecule has 2 aromatic rings. The second-order valence-electron chi connectivity index (χ2n) is 4.70. The van der Waals surface area contributed by atoms with Crippen LogP contribution in [0.2, 0.25) is 0 Å². The smallest absolute Gasteiger partial charge is 0.290 e. The van der Waals surface area contributed by atoms with E-state index in [9.17, 15) is 5.21 Å². The molecule has 1 aromatic heterocycles. The molecule has 0 fully saturated rings. The number of fused-ring (bicyclic) bond motifs is 1. The van der Waals surface area contributed by atoms with E-state index in [1.807, 2.05) is 25.1 Å². The van der Waals surface area contributed by atoms with Gasteiger partial charge < -0.3 is 15.4 Å². The number of para-hydroxylation sites is 1. The molecule has 0 spiro atoms. The normalized spacial score (nSPS) is 11.2. The Hall–Kier alpha value is -1.95.